The van der Waals surface area contributed by atoms with Crippen molar-refractivity contribution in [2.45, 2.75) is 51.5 Å². The number of amides is 1. The zero-order valence-corrected chi connectivity index (χ0v) is 14.4. The molecular weight excluding hydrogens is 323 g/mol. The van der Waals surface area contributed by atoms with Crippen LogP contribution in [-0.2, 0) is 18.4 Å². The largest absolute Gasteiger partial charge is 0.340 e. The second-order valence-electron chi connectivity index (χ2n) is 6.56. The molecule has 0 spiro atoms. The standard InChI is InChI=1S/C18H21FN4O2/c1-3-18(2,23-15(24)11-8-9-14(19)20-10-11)17-21-13-7-5-4-6-12(13)16(25)22-17/h8-10H,3-7H2,1-2H3,(H,23,24)(H,21,22,25)/t18-/m0/s1. The van der Waals surface area contributed by atoms with E-state index in [-0.39, 0.29) is 11.1 Å². The Morgan fingerprint density at radius 2 is 2.12 bits per heavy atom. The maximum absolute atomic E-state index is 12.9. The summed E-state index contributed by atoms with van der Waals surface area (Å²) in [6, 6.07) is 2.51. The summed E-state index contributed by atoms with van der Waals surface area (Å²) in [5.41, 5.74) is 0.861. The number of aromatic amines is 1. The van der Waals surface area contributed by atoms with E-state index in [1.807, 2.05) is 13.8 Å². The van der Waals surface area contributed by atoms with E-state index < -0.39 is 17.4 Å². The Labute approximate surface area is 144 Å². The first kappa shape index (κ1) is 17.3. The molecule has 0 aliphatic heterocycles. The van der Waals surface area contributed by atoms with Crippen LogP contribution >= 0.6 is 0 Å². The van der Waals surface area contributed by atoms with E-state index >= 15 is 0 Å². The van der Waals surface area contributed by atoms with E-state index in [1.54, 1.807) is 0 Å². The maximum Gasteiger partial charge on any atom is 0.254 e. The van der Waals surface area contributed by atoms with Crippen LogP contribution in [0.25, 0.3) is 0 Å². The summed E-state index contributed by atoms with van der Waals surface area (Å²) in [4.78, 5) is 35.8. The molecule has 2 N–H and O–H groups in total. The van der Waals surface area contributed by atoms with Crippen molar-refractivity contribution in [2.24, 2.45) is 0 Å². The fraction of sp³-hybridized carbons (Fsp3) is 0.444. The monoisotopic (exact) mass is 344 g/mol. The van der Waals surface area contributed by atoms with E-state index in [9.17, 15) is 14.0 Å². The fourth-order valence-corrected chi connectivity index (χ4v) is 3.01. The highest BCUT2D eigenvalue weighted by atomic mass is 19.1. The van der Waals surface area contributed by atoms with Gasteiger partial charge >= 0.3 is 0 Å². The Kier molecular flexibility index (Phi) is 4.65. The molecular formula is C18H21FN4O2. The van der Waals surface area contributed by atoms with Gasteiger partial charge in [0.05, 0.1) is 16.8 Å². The van der Waals surface area contributed by atoms with Gasteiger partial charge < -0.3 is 10.3 Å². The Morgan fingerprint density at radius 3 is 2.80 bits per heavy atom. The van der Waals surface area contributed by atoms with Crippen LogP contribution in [0.4, 0.5) is 4.39 Å². The Morgan fingerprint density at radius 1 is 1.36 bits per heavy atom. The number of H-pyrrole nitrogens is 1. The van der Waals surface area contributed by atoms with Crippen molar-refractivity contribution in [3.63, 3.8) is 0 Å². The third-order valence-electron chi connectivity index (χ3n) is 4.80. The number of halogens is 1. The minimum atomic E-state index is -0.836. The number of hydrogen-bond donors (Lipinski definition) is 2. The molecule has 0 saturated heterocycles. The number of carbonyl (C=O) groups excluding carboxylic acids is 1. The molecule has 1 aliphatic rings. The quantitative estimate of drug-likeness (QED) is 0.833. The number of nitrogens with zero attached hydrogens (tertiary/aromatic N) is 2. The molecule has 6 nitrogen and oxygen atoms in total. The van der Waals surface area contributed by atoms with Crippen LogP contribution in [0.15, 0.2) is 23.1 Å². The lowest BCUT2D eigenvalue weighted by atomic mass is 9.94. The summed E-state index contributed by atoms with van der Waals surface area (Å²) in [6.45, 7) is 3.72. The first-order valence-corrected chi connectivity index (χ1v) is 8.49. The van der Waals surface area contributed by atoms with Crippen molar-refractivity contribution in [1.82, 2.24) is 20.3 Å². The van der Waals surface area contributed by atoms with Crippen molar-refractivity contribution < 1.29 is 9.18 Å². The molecule has 3 rings (SSSR count). The lowest BCUT2D eigenvalue weighted by molar-refractivity contribution is 0.0896. The fourth-order valence-electron chi connectivity index (χ4n) is 3.01. The highest BCUT2D eigenvalue weighted by molar-refractivity contribution is 5.94. The molecule has 132 valence electrons. The predicted octanol–water partition coefficient (Wildman–Crippen LogP) is 2.24. The van der Waals surface area contributed by atoms with Crippen LogP contribution in [0.3, 0.4) is 0 Å². The number of pyridine rings is 1. The topological polar surface area (TPSA) is 87.7 Å². The van der Waals surface area contributed by atoms with Crippen molar-refractivity contribution in [3.05, 3.63) is 57.3 Å². The molecule has 2 aromatic rings. The van der Waals surface area contributed by atoms with E-state index in [0.29, 0.717) is 12.2 Å². The highest BCUT2D eigenvalue weighted by Crippen LogP contribution is 2.24. The van der Waals surface area contributed by atoms with Crippen molar-refractivity contribution in [3.8, 4) is 0 Å². The third kappa shape index (κ3) is 3.45. The van der Waals surface area contributed by atoms with Crippen molar-refractivity contribution in [1.29, 1.82) is 0 Å². The SMILES string of the molecule is CC[C@](C)(NC(=O)c1ccc(F)nc1)c1nc2c(c(=O)[nH]1)CCCC2. The Bertz CT molecular complexity index is 847. The molecule has 0 aromatic carbocycles. The lowest BCUT2D eigenvalue weighted by Gasteiger charge is -2.29. The molecule has 0 unspecified atom stereocenters. The average molecular weight is 344 g/mol. The second-order valence-corrected chi connectivity index (χ2v) is 6.56. The van der Waals surface area contributed by atoms with Crippen molar-refractivity contribution in [2.75, 3.05) is 0 Å². The van der Waals surface area contributed by atoms with Crippen LogP contribution in [-0.4, -0.2) is 20.9 Å². The number of carbonyl (C=O) groups is 1. The van der Waals surface area contributed by atoms with E-state index in [0.717, 1.165) is 43.0 Å². The number of rotatable bonds is 4. The summed E-state index contributed by atoms with van der Waals surface area (Å²) < 4.78 is 12.9. The minimum absolute atomic E-state index is 0.128. The molecule has 1 atom stereocenters. The van der Waals surface area contributed by atoms with Gasteiger partial charge in [-0.2, -0.15) is 4.39 Å². The lowest BCUT2D eigenvalue weighted by Crippen LogP contribution is -2.46. The molecule has 2 aromatic heterocycles. The van der Waals surface area contributed by atoms with Crippen LogP contribution < -0.4 is 10.9 Å². The number of nitrogens with one attached hydrogen (secondary N) is 2. The molecule has 2 heterocycles. The molecule has 1 aliphatic carbocycles. The van der Waals surface area contributed by atoms with E-state index in [4.69, 9.17) is 0 Å². The zero-order valence-electron chi connectivity index (χ0n) is 14.4. The van der Waals surface area contributed by atoms with Gasteiger partial charge in [-0.15, -0.1) is 0 Å². The Hall–Kier alpha value is -2.57. The van der Waals surface area contributed by atoms with Crippen molar-refractivity contribution >= 4 is 5.91 Å². The van der Waals surface area contributed by atoms with Crippen LogP contribution in [0, 0.1) is 5.95 Å². The van der Waals surface area contributed by atoms with Gasteiger partial charge in [-0.25, -0.2) is 9.97 Å². The highest BCUT2D eigenvalue weighted by Gasteiger charge is 2.31. The summed E-state index contributed by atoms with van der Waals surface area (Å²) >= 11 is 0. The normalized spacial score (nSPS) is 16.0. The molecule has 25 heavy (non-hydrogen) atoms. The smallest absolute Gasteiger partial charge is 0.254 e. The van der Waals surface area contributed by atoms with Gasteiger partial charge in [0, 0.05) is 11.8 Å². The van der Waals surface area contributed by atoms with Gasteiger partial charge in [-0.05, 0) is 51.2 Å². The predicted molar refractivity (Wildman–Crippen MR) is 90.8 cm³/mol. The van der Waals surface area contributed by atoms with Crippen LogP contribution in [0.2, 0.25) is 0 Å². The molecule has 0 saturated carbocycles. The second kappa shape index (κ2) is 6.74. The minimum Gasteiger partial charge on any atom is -0.340 e. The number of aromatic nitrogens is 3. The van der Waals surface area contributed by atoms with Crippen LogP contribution in [0.5, 0.6) is 0 Å². The van der Waals surface area contributed by atoms with Gasteiger partial charge in [-0.3, -0.25) is 9.59 Å². The van der Waals surface area contributed by atoms with Crippen LogP contribution in [0.1, 0.15) is 60.5 Å². The first-order chi connectivity index (χ1) is 11.9. The molecule has 7 heteroatoms. The molecule has 0 bridgehead atoms. The molecule has 0 radical (unpaired) electrons. The third-order valence-corrected chi connectivity index (χ3v) is 4.80. The van der Waals surface area contributed by atoms with E-state index in [1.165, 1.54) is 12.3 Å². The molecule has 1 amide bonds. The maximum atomic E-state index is 12.9. The summed E-state index contributed by atoms with van der Waals surface area (Å²) in [5, 5.41) is 2.90. The average Bonchev–Trinajstić information content (AvgIpc) is 2.62. The number of hydrogen-bond acceptors (Lipinski definition) is 4. The van der Waals surface area contributed by atoms with Gasteiger partial charge in [0.2, 0.25) is 5.95 Å². The van der Waals surface area contributed by atoms with Gasteiger partial charge in [-0.1, -0.05) is 6.92 Å². The number of fused-ring (bicyclic) bond motifs is 1. The van der Waals surface area contributed by atoms with Gasteiger partial charge in [0.15, 0.2) is 0 Å². The zero-order chi connectivity index (χ0) is 18.0. The summed E-state index contributed by atoms with van der Waals surface area (Å²) in [6.07, 6.45) is 5.25. The Balaban J connectivity index is 1.92. The summed E-state index contributed by atoms with van der Waals surface area (Å²) in [7, 11) is 0. The summed E-state index contributed by atoms with van der Waals surface area (Å²) in [5.74, 6) is -0.586. The first-order valence-electron chi connectivity index (χ1n) is 8.49. The molecule has 0 fully saturated rings. The van der Waals surface area contributed by atoms with E-state index in [2.05, 4.69) is 20.3 Å². The van der Waals surface area contributed by atoms with Gasteiger partial charge in [0.25, 0.3) is 11.5 Å². The number of aryl methyl sites for hydroxylation is 1. The van der Waals surface area contributed by atoms with Gasteiger partial charge in [0.1, 0.15) is 5.82 Å².